The van der Waals surface area contributed by atoms with Gasteiger partial charge in [-0.2, -0.15) is 0 Å². The largest absolute Gasteiger partial charge is 0.496 e. The van der Waals surface area contributed by atoms with Crippen LogP contribution in [0.15, 0.2) is 71.6 Å². The van der Waals surface area contributed by atoms with Gasteiger partial charge in [0, 0.05) is 22.3 Å². The van der Waals surface area contributed by atoms with Crippen LogP contribution in [0.4, 0.5) is 10.5 Å². The van der Waals surface area contributed by atoms with E-state index in [1.807, 2.05) is 54.6 Å². The number of thioether (sulfide) groups is 1. The predicted molar refractivity (Wildman–Crippen MR) is 157 cm³/mol. The molecule has 2 unspecified atom stereocenters. The van der Waals surface area contributed by atoms with Crippen molar-refractivity contribution in [2.45, 2.75) is 61.4 Å². The zero-order valence-electron chi connectivity index (χ0n) is 23.4. The van der Waals surface area contributed by atoms with Gasteiger partial charge in [-0.1, -0.05) is 36.4 Å². The number of hydrogen-bond acceptors (Lipinski definition) is 7. The van der Waals surface area contributed by atoms with Crippen molar-refractivity contribution in [3.63, 3.8) is 0 Å². The number of rotatable bonds is 9. The van der Waals surface area contributed by atoms with Gasteiger partial charge in [-0.3, -0.25) is 0 Å². The van der Waals surface area contributed by atoms with Gasteiger partial charge in [0.15, 0.2) is 0 Å². The van der Waals surface area contributed by atoms with Crippen LogP contribution in [0.3, 0.4) is 0 Å². The first kappa shape index (κ1) is 29.1. The first-order valence-electron chi connectivity index (χ1n) is 13.1. The van der Waals surface area contributed by atoms with Crippen LogP contribution in [-0.2, 0) is 16.0 Å². The van der Waals surface area contributed by atoms with Crippen LogP contribution >= 0.6 is 11.8 Å². The van der Waals surface area contributed by atoms with Crippen LogP contribution in [0.1, 0.15) is 55.2 Å². The van der Waals surface area contributed by atoms with Gasteiger partial charge in [-0.05, 0) is 68.7 Å². The molecule has 0 aliphatic carbocycles. The van der Waals surface area contributed by atoms with E-state index in [1.165, 1.54) is 0 Å². The second-order valence-electron chi connectivity index (χ2n) is 10.6. The van der Waals surface area contributed by atoms with E-state index >= 15 is 0 Å². The van der Waals surface area contributed by atoms with E-state index in [0.29, 0.717) is 0 Å². The van der Waals surface area contributed by atoms with E-state index in [9.17, 15) is 14.7 Å². The molecule has 9 heteroatoms. The number of methoxy groups -OCH3 is 2. The molecule has 0 fully saturated rings. The number of alkyl carbamates (subject to hydrolysis) is 1. The van der Waals surface area contributed by atoms with E-state index in [1.54, 1.807) is 46.8 Å². The molecule has 1 aliphatic heterocycles. The van der Waals surface area contributed by atoms with Gasteiger partial charge in [-0.15, -0.1) is 11.8 Å². The third-order valence-corrected chi connectivity index (χ3v) is 7.78. The SMILES string of the molecule is COc1cccc(OC)c1C1CC(Sc2ccccc2)c2cc(C[C@@H](NC(=O)OC(C)(C)C)C(=O)O)ccc2N1. The lowest BCUT2D eigenvalue weighted by molar-refractivity contribution is -0.139. The zero-order valence-corrected chi connectivity index (χ0v) is 24.2. The number of ether oxygens (including phenoxy) is 3. The molecule has 3 aromatic carbocycles. The molecule has 0 bridgehead atoms. The van der Waals surface area contributed by atoms with Crippen LogP contribution in [-0.4, -0.2) is 43.0 Å². The highest BCUT2D eigenvalue weighted by molar-refractivity contribution is 7.99. The third kappa shape index (κ3) is 7.21. The molecule has 40 heavy (non-hydrogen) atoms. The van der Waals surface area contributed by atoms with Crippen molar-refractivity contribution in [3.05, 3.63) is 83.4 Å². The van der Waals surface area contributed by atoms with Gasteiger partial charge in [-0.25, -0.2) is 9.59 Å². The van der Waals surface area contributed by atoms with Gasteiger partial charge >= 0.3 is 12.1 Å². The number of nitrogens with one attached hydrogen (secondary N) is 2. The summed E-state index contributed by atoms with van der Waals surface area (Å²) in [5, 5.41) is 16.0. The van der Waals surface area contributed by atoms with Crippen molar-refractivity contribution in [2.75, 3.05) is 19.5 Å². The summed E-state index contributed by atoms with van der Waals surface area (Å²) in [6, 6.07) is 20.7. The summed E-state index contributed by atoms with van der Waals surface area (Å²) in [6.45, 7) is 5.20. The first-order chi connectivity index (χ1) is 19.1. The topological polar surface area (TPSA) is 106 Å². The molecular weight excluding hydrogens is 528 g/mol. The van der Waals surface area contributed by atoms with Crippen LogP contribution < -0.4 is 20.1 Å². The lowest BCUT2D eigenvalue weighted by Gasteiger charge is -2.35. The average Bonchev–Trinajstić information content (AvgIpc) is 2.91. The Bertz CT molecular complexity index is 1320. The summed E-state index contributed by atoms with van der Waals surface area (Å²) in [5.41, 5.74) is 3.04. The Kier molecular flexibility index (Phi) is 9.14. The second kappa shape index (κ2) is 12.6. The minimum atomic E-state index is -1.13. The van der Waals surface area contributed by atoms with Gasteiger partial charge in [0.1, 0.15) is 23.1 Å². The zero-order chi connectivity index (χ0) is 28.9. The fraction of sp³-hybridized carbons (Fsp3) is 0.355. The Labute approximate surface area is 239 Å². The minimum absolute atomic E-state index is 0.0558. The van der Waals surface area contributed by atoms with E-state index in [4.69, 9.17) is 14.2 Å². The number of carbonyl (C=O) groups excluding carboxylic acids is 1. The van der Waals surface area contributed by atoms with Gasteiger partial charge in [0.25, 0.3) is 0 Å². The highest BCUT2D eigenvalue weighted by Crippen LogP contribution is 2.51. The normalized spacial score (nSPS) is 17.1. The van der Waals surface area contributed by atoms with Gasteiger partial charge < -0.3 is 30.0 Å². The summed E-state index contributed by atoms with van der Waals surface area (Å²) >= 11 is 1.76. The smallest absolute Gasteiger partial charge is 0.408 e. The summed E-state index contributed by atoms with van der Waals surface area (Å²) in [4.78, 5) is 25.4. The molecule has 0 spiro atoms. The molecule has 8 nitrogen and oxygen atoms in total. The number of aliphatic carboxylic acids is 1. The predicted octanol–water partition coefficient (Wildman–Crippen LogP) is 6.61. The summed E-state index contributed by atoms with van der Waals surface area (Å²) in [7, 11) is 3.31. The van der Waals surface area contributed by atoms with Crippen LogP contribution in [0, 0.1) is 0 Å². The fourth-order valence-electron chi connectivity index (χ4n) is 4.80. The van der Waals surface area contributed by atoms with E-state index in [-0.39, 0.29) is 17.7 Å². The second-order valence-corrected chi connectivity index (χ2v) is 11.9. The quantitative estimate of drug-likeness (QED) is 0.266. The highest BCUT2D eigenvalue weighted by Gasteiger charge is 2.33. The summed E-state index contributed by atoms with van der Waals surface area (Å²) in [6.07, 6.45) is 0.102. The minimum Gasteiger partial charge on any atom is -0.496 e. The molecule has 3 N–H and O–H groups in total. The Morgan fingerprint density at radius 2 is 1.70 bits per heavy atom. The molecule has 4 rings (SSSR count). The third-order valence-electron chi connectivity index (χ3n) is 6.51. The molecule has 0 saturated heterocycles. The van der Waals surface area contributed by atoms with Crippen molar-refractivity contribution in [1.82, 2.24) is 5.32 Å². The Hall–Kier alpha value is -3.85. The molecule has 1 amide bonds. The maximum absolute atomic E-state index is 12.3. The number of anilines is 1. The number of carboxylic acids is 1. The van der Waals surface area contributed by atoms with Crippen LogP contribution in [0.2, 0.25) is 0 Å². The maximum Gasteiger partial charge on any atom is 0.408 e. The number of hydrogen-bond donors (Lipinski definition) is 3. The molecule has 0 radical (unpaired) electrons. The molecule has 1 heterocycles. The van der Waals surface area contributed by atoms with Crippen LogP contribution in [0.5, 0.6) is 11.5 Å². The van der Waals surface area contributed by atoms with Crippen molar-refractivity contribution in [2.24, 2.45) is 0 Å². The summed E-state index contributed by atoms with van der Waals surface area (Å²) in [5.74, 6) is 0.371. The Morgan fingerprint density at radius 1 is 1.02 bits per heavy atom. The average molecular weight is 565 g/mol. The van der Waals surface area contributed by atoms with E-state index < -0.39 is 23.7 Å². The van der Waals surface area contributed by atoms with Gasteiger partial charge in [0.05, 0.1) is 25.8 Å². The fourth-order valence-corrected chi connectivity index (χ4v) is 6.05. The van der Waals surface area contributed by atoms with Crippen LogP contribution in [0.25, 0.3) is 0 Å². The Morgan fingerprint density at radius 3 is 2.30 bits per heavy atom. The lowest BCUT2D eigenvalue weighted by Crippen LogP contribution is -2.44. The van der Waals surface area contributed by atoms with Crippen molar-refractivity contribution in [3.8, 4) is 11.5 Å². The summed E-state index contributed by atoms with van der Waals surface area (Å²) < 4.78 is 16.7. The molecular formula is C31H36N2O6S. The Balaban J connectivity index is 1.66. The number of benzene rings is 3. The van der Waals surface area contributed by atoms with E-state index in [0.717, 1.165) is 45.2 Å². The first-order valence-corrected chi connectivity index (χ1v) is 14.0. The molecule has 0 aromatic heterocycles. The monoisotopic (exact) mass is 564 g/mol. The molecule has 1 aliphatic rings. The standard InChI is InChI=1S/C31H36N2O6S/c1-31(2,3)39-30(36)33-24(29(34)35)17-19-14-15-22-21(16-19)27(40-20-10-7-6-8-11-20)18-23(32-22)28-25(37-4)12-9-13-26(28)38-5/h6-16,23-24,27,32H,17-18H2,1-5H3,(H,33,36)(H,34,35)/t23?,24-,27?/m1/s1. The number of fused-ring (bicyclic) bond motifs is 1. The lowest BCUT2D eigenvalue weighted by atomic mass is 9.90. The number of carboxylic acid groups (broad SMARTS) is 1. The highest BCUT2D eigenvalue weighted by atomic mass is 32.2. The molecule has 3 atom stereocenters. The number of carbonyl (C=O) groups is 2. The van der Waals surface area contributed by atoms with Crippen molar-refractivity contribution >= 4 is 29.5 Å². The molecule has 3 aromatic rings. The molecule has 212 valence electrons. The van der Waals surface area contributed by atoms with E-state index in [2.05, 4.69) is 22.8 Å². The van der Waals surface area contributed by atoms with Crippen molar-refractivity contribution < 1.29 is 28.9 Å². The van der Waals surface area contributed by atoms with Crippen molar-refractivity contribution in [1.29, 1.82) is 0 Å². The maximum atomic E-state index is 12.3. The van der Waals surface area contributed by atoms with Gasteiger partial charge in [0.2, 0.25) is 0 Å². The molecule has 0 saturated carbocycles. The number of amides is 1.